The number of fused-ring (bicyclic) bond motifs is 1. The van der Waals surface area contributed by atoms with Crippen LogP contribution in [0.1, 0.15) is 29.5 Å². The normalized spacial score (nSPS) is 13.9. The first-order chi connectivity index (χ1) is 9.74. The van der Waals surface area contributed by atoms with E-state index in [1.54, 1.807) is 0 Å². The number of benzene rings is 2. The molecule has 0 unspecified atom stereocenters. The molecule has 0 heterocycles. The lowest BCUT2D eigenvalue weighted by Gasteiger charge is -2.17. The van der Waals surface area contributed by atoms with Gasteiger partial charge in [-0.3, -0.25) is 0 Å². The van der Waals surface area contributed by atoms with Crippen LogP contribution in [0, 0.1) is 0 Å². The third kappa shape index (κ3) is 2.94. The molecule has 0 saturated carbocycles. The average Bonchev–Trinajstić information content (AvgIpc) is 2.46. The first kappa shape index (κ1) is 13.8. The topological polar surface area (TPSA) is 9.23 Å². The van der Waals surface area contributed by atoms with E-state index in [9.17, 15) is 0 Å². The minimum Gasteiger partial charge on any atom is -0.489 e. The highest BCUT2D eigenvalue weighted by atomic mass is 35.5. The minimum absolute atomic E-state index is 0.400. The number of halogens is 2. The summed E-state index contributed by atoms with van der Waals surface area (Å²) in [5.41, 5.74) is 3.71. The predicted octanol–water partition coefficient (Wildman–Crippen LogP) is 5.45. The van der Waals surface area contributed by atoms with Gasteiger partial charge >= 0.3 is 0 Å². The molecule has 0 N–H and O–H groups in total. The van der Waals surface area contributed by atoms with Crippen molar-refractivity contribution in [1.82, 2.24) is 0 Å². The number of ether oxygens (including phenoxy) is 1. The summed E-state index contributed by atoms with van der Waals surface area (Å²) in [6, 6.07) is 11.9. The molecule has 104 valence electrons. The Morgan fingerprint density at radius 3 is 2.35 bits per heavy atom. The van der Waals surface area contributed by atoms with Crippen LogP contribution in [0.3, 0.4) is 0 Å². The number of aryl methyl sites for hydroxylation is 2. The lowest BCUT2D eigenvalue weighted by Crippen LogP contribution is -2.03. The van der Waals surface area contributed by atoms with Gasteiger partial charge in [0.1, 0.15) is 12.4 Å². The zero-order chi connectivity index (χ0) is 13.9. The quantitative estimate of drug-likeness (QED) is 0.732. The van der Waals surface area contributed by atoms with Crippen molar-refractivity contribution in [3.8, 4) is 5.75 Å². The van der Waals surface area contributed by atoms with Gasteiger partial charge in [-0.05, 0) is 61.1 Å². The molecule has 2 aromatic rings. The molecular weight excluding hydrogens is 291 g/mol. The summed E-state index contributed by atoms with van der Waals surface area (Å²) in [5, 5.41) is 1.30. The Morgan fingerprint density at radius 1 is 0.900 bits per heavy atom. The van der Waals surface area contributed by atoms with Crippen LogP contribution in [-0.4, -0.2) is 0 Å². The highest BCUT2D eigenvalue weighted by Crippen LogP contribution is 2.28. The third-order valence-corrected chi connectivity index (χ3v) is 4.47. The molecule has 3 rings (SSSR count). The second kappa shape index (κ2) is 6.07. The molecule has 0 aliphatic heterocycles. The lowest BCUT2D eigenvalue weighted by molar-refractivity contribution is 0.306. The van der Waals surface area contributed by atoms with Gasteiger partial charge in [-0.1, -0.05) is 35.3 Å². The van der Waals surface area contributed by atoms with Crippen molar-refractivity contribution in [2.24, 2.45) is 0 Å². The summed E-state index contributed by atoms with van der Waals surface area (Å²) in [5.74, 6) is 0.890. The summed E-state index contributed by atoms with van der Waals surface area (Å²) in [6.07, 6.45) is 4.90. The van der Waals surface area contributed by atoms with Crippen molar-refractivity contribution in [1.29, 1.82) is 0 Å². The average molecular weight is 307 g/mol. The zero-order valence-corrected chi connectivity index (χ0v) is 12.7. The van der Waals surface area contributed by atoms with Gasteiger partial charge in [-0.25, -0.2) is 0 Å². The van der Waals surface area contributed by atoms with E-state index in [0.29, 0.717) is 16.7 Å². The third-order valence-electron chi connectivity index (χ3n) is 3.76. The van der Waals surface area contributed by atoms with Crippen molar-refractivity contribution in [3.63, 3.8) is 0 Å². The summed E-state index contributed by atoms with van der Waals surface area (Å²) in [6.45, 7) is 0.400. The first-order valence-electron chi connectivity index (χ1n) is 6.91. The van der Waals surface area contributed by atoms with E-state index in [1.807, 2.05) is 24.3 Å². The predicted molar refractivity (Wildman–Crippen MR) is 83.9 cm³/mol. The first-order valence-corrected chi connectivity index (χ1v) is 7.67. The van der Waals surface area contributed by atoms with Gasteiger partial charge in [-0.15, -0.1) is 0 Å². The van der Waals surface area contributed by atoms with Crippen LogP contribution < -0.4 is 4.74 Å². The van der Waals surface area contributed by atoms with E-state index < -0.39 is 0 Å². The highest BCUT2D eigenvalue weighted by molar-refractivity contribution is 6.35. The maximum absolute atomic E-state index is 6.15. The van der Waals surface area contributed by atoms with E-state index in [-0.39, 0.29) is 0 Å². The van der Waals surface area contributed by atoms with Crippen molar-refractivity contribution in [2.75, 3.05) is 0 Å². The van der Waals surface area contributed by atoms with E-state index in [4.69, 9.17) is 27.9 Å². The van der Waals surface area contributed by atoms with E-state index >= 15 is 0 Å². The van der Waals surface area contributed by atoms with Gasteiger partial charge in [-0.2, -0.15) is 0 Å². The molecule has 0 spiro atoms. The molecule has 0 aromatic heterocycles. The van der Waals surface area contributed by atoms with Gasteiger partial charge in [0.05, 0.1) is 0 Å². The van der Waals surface area contributed by atoms with Crippen LogP contribution >= 0.6 is 23.2 Å². The van der Waals surface area contributed by atoms with Crippen LogP contribution in [0.2, 0.25) is 10.0 Å². The SMILES string of the molecule is Clc1cccc(Cl)c1COc1ccc2c(c1)CCCC2. The summed E-state index contributed by atoms with van der Waals surface area (Å²) in [7, 11) is 0. The molecular formula is C17H16Cl2O. The van der Waals surface area contributed by atoms with Gasteiger partial charge in [0.25, 0.3) is 0 Å². The Hall–Kier alpha value is -1.18. The number of hydrogen-bond donors (Lipinski definition) is 0. The largest absolute Gasteiger partial charge is 0.489 e. The van der Waals surface area contributed by atoms with Crippen molar-refractivity contribution in [3.05, 3.63) is 63.1 Å². The summed E-state index contributed by atoms with van der Waals surface area (Å²) >= 11 is 12.3. The lowest BCUT2D eigenvalue weighted by atomic mass is 9.92. The molecule has 0 fully saturated rings. The Bertz CT molecular complexity index is 602. The molecule has 0 amide bonds. The maximum Gasteiger partial charge on any atom is 0.120 e. The maximum atomic E-state index is 6.15. The van der Waals surface area contributed by atoms with Crippen molar-refractivity contribution in [2.45, 2.75) is 32.3 Å². The molecule has 0 bridgehead atoms. The van der Waals surface area contributed by atoms with Crippen LogP contribution in [0.5, 0.6) is 5.75 Å². The Morgan fingerprint density at radius 2 is 1.60 bits per heavy atom. The molecule has 0 radical (unpaired) electrons. The van der Waals surface area contributed by atoms with Gasteiger partial charge < -0.3 is 4.74 Å². The fourth-order valence-electron chi connectivity index (χ4n) is 2.63. The van der Waals surface area contributed by atoms with E-state index in [2.05, 4.69) is 12.1 Å². The van der Waals surface area contributed by atoms with Crippen LogP contribution in [0.25, 0.3) is 0 Å². The molecule has 1 aliphatic carbocycles. The second-order valence-electron chi connectivity index (χ2n) is 5.13. The Kier molecular flexibility index (Phi) is 4.18. The molecule has 2 aromatic carbocycles. The van der Waals surface area contributed by atoms with Gasteiger partial charge in [0.15, 0.2) is 0 Å². The summed E-state index contributed by atoms with van der Waals surface area (Å²) in [4.78, 5) is 0. The Labute approximate surface area is 129 Å². The molecule has 0 saturated heterocycles. The van der Waals surface area contributed by atoms with E-state index in [0.717, 1.165) is 17.7 Å². The molecule has 20 heavy (non-hydrogen) atoms. The standard InChI is InChI=1S/C17H16Cl2O/c18-16-6-3-7-17(19)15(16)11-20-14-9-8-12-4-1-2-5-13(12)10-14/h3,6-10H,1-2,4-5,11H2. The van der Waals surface area contributed by atoms with Crippen molar-refractivity contribution < 1.29 is 4.74 Å². The second-order valence-corrected chi connectivity index (χ2v) is 5.94. The highest BCUT2D eigenvalue weighted by Gasteiger charge is 2.11. The fourth-order valence-corrected chi connectivity index (χ4v) is 3.13. The minimum atomic E-state index is 0.400. The van der Waals surface area contributed by atoms with Crippen LogP contribution in [0.4, 0.5) is 0 Å². The summed E-state index contributed by atoms with van der Waals surface area (Å²) < 4.78 is 5.85. The molecule has 1 aliphatic rings. The Balaban J connectivity index is 1.75. The molecule has 1 nitrogen and oxygen atoms in total. The van der Waals surface area contributed by atoms with Crippen LogP contribution in [0.15, 0.2) is 36.4 Å². The number of hydrogen-bond acceptors (Lipinski definition) is 1. The fraction of sp³-hybridized carbons (Fsp3) is 0.294. The van der Waals surface area contributed by atoms with Crippen molar-refractivity contribution >= 4 is 23.2 Å². The number of rotatable bonds is 3. The molecule has 0 atom stereocenters. The van der Waals surface area contributed by atoms with Gasteiger partial charge in [0.2, 0.25) is 0 Å². The smallest absolute Gasteiger partial charge is 0.120 e. The monoisotopic (exact) mass is 306 g/mol. The van der Waals surface area contributed by atoms with E-state index in [1.165, 1.54) is 30.4 Å². The molecule has 3 heteroatoms. The van der Waals surface area contributed by atoms with Crippen LogP contribution in [-0.2, 0) is 19.4 Å². The zero-order valence-electron chi connectivity index (χ0n) is 11.2. The van der Waals surface area contributed by atoms with Gasteiger partial charge in [0, 0.05) is 15.6 Å².